The molecule has 1 aromatic carbocycles. The van der Waals surface area contributed by atoms with E-state index < -0.39 is 9.84 Å². The number of halogens is 1. The smallest absolute Gasteiger partial charge is 0.251 e. The van der Waals surface area contributed by atoms with Gasteiger partial charge in [0.05, 0.1) is 5.75 Å². The highest BCUT2D eigenvalue weighted by molar-refractivity contribution is 14.0. The van der Waals surface area contributed by atoms with Gasteiger partial charge < -0.3 is 16.0 Å². The van der Waals surface area contributed by atoms with Crippen LogP contribution in [0.3, 0.4) is 0 Å². The van der Waals surface area contributed by atoms with E-state index in [0.717, 1.165) is 18.5 Å². The fourth-order valence-corrected chi connectivity index (χ4v) is 3.44. The van der Waals surface area contributed by atoms with Gasteiger partial charge in [-0.3, -0.25) is 9.79 Å². The highest BCUT2D eigenvalue weighted by atomic mass is 127. The highest BCUT2D eigenvalue weighted by Crippen LogP contribution is 2.21. The van der Waals surface area contributed by atoms with Gasteiger partial charge in [-0.15, -0.1) is 24.0 Å². The van der Waals surface area contributed by atoms with E-state index in [-0.39, 0.29) is 41.1 Å². The van der Waals surface area contributed by atoms with Gasteiger partial charge in [-0.25, -0.2) is 8.42 Å². The maximum absolute atomic E-state index is 11.7. The summed E-state index contributed by atoms with van der Waals surface area (Å²) in [5.41, 5.74) is 1.51. The van der Waals surface area contributed by atoms with Gasteiger partial charge in [0.15, 0.2) is 5.96 Å². The summed E-state index contributed by atoms with van der Waals surface area (Å²) in [5.74, 6) is 0.777. The summed E-state index contributed by atoms with van der Waals surface area (Å²) in [7, 11) is -1.35. The van der Waals surface area contributed by atoms with Crippen LogP contribution in [0.1, 0.15) is 43.1 Å². The molecule has 0 aliphatic carbocycles. The lowest BCUT2D eigenvalue weighted by molar-refractivity contribution is 0.0963. The molecule has 0 radical (unpaired) electrons. The van der Waals surface area contributed by atoms with Crippen molar-refractivity contribution in [3.63, 3.8) is 0 Å². The molecule has 0 aliphatic heterocycles. The van der Waals surface area contributed by atoms with Crippen LogP contribution >= 0.6 is 24.0 Å². The van der Waals surface area contributed by atoms with Gasteiger partial charge in [-0.05, 0) is 42.9 Å². The van der Waals surface area contributed by atoms with Crippen molar-refractivity contribution in [2.75, 3.05) is 38.7 Å². The van der Waals surface area contributed by atoms with Crippen molar-refractivity contribution in [2.45, 2.75) is 33.6 Å². The number of benzene rings is 1. The summed E-state index contributed by atoms with van der Waals surface area (Å²) in [6.45, 7) is 7.99. The third-order valence-corrected chi connectivity index (χ3v) is 5.23. The lowest BCUT2D eigenvalue weighted by atomic mass is 9.90. The predicted octanol–water partition coefficient (Wildman–Crippen LogP) is 2.22. The number of amides is 1. The first-order valence-corrected chi connectivity index (χ1v) is 11.6. The molecule has 0 spiro atoms. The van der Waals surface area contributed by atoms with E-state index in [1.807, 2.05) is 39.0 Å². The standard InChI is InChI=1S/C20H34N4O3S.HI/c1-6-22-19(24-15-20(2,3)11-13-28(5,26)27)23-12-10-16-8-7-9-17(14-16)18(25)21-4;/h7-9,14H,6,10-13,15H2,1-5H3,(H,21,25)(H2,22,23,24);1H. The van der Waals surface area contributed by atoms with Crippen LogP contribution < -0.4 is 16.0 Å². The Labute approximate surface area is 192 Å². The van der Waals surface area contributed by atoms with E-state index in [1.165, 1.54) is 6.26 Å². The van der Waals surface area contributed by atoms with Crippen LogP contribution in [0.25, 0.3) is 0 Å². The monoisotopic (exact) mass is 538 g/mol. The number of aliphatic imine (C=N–C) groups is 1. The first-order valence-electron chi connectivity index (χ1n) is 9.57. The zero-order chi connectivity index (χ0) is 21.2. The van der Waals surface area contributed by atoms with Crippen molar-refractivity contribution in [1.82, 2.24) is 16.0 Å². The van der Waals surface area contributed by atoms with E-state index in [4.69, 9.17) is 0 Å². The summed E-state index contributed by atoms with van der Waals surface area (Å²) in [6.07, 6.45) is 2.59. The van der Waals surface area contributed by atoms with Crippen LogP contribution in [0.4, 0.5) is 0 Å². The Morgan fingerprint density at radius 3 is 2.48 bits per heavy atom. The number of guanidine groups is 1. The fourth-order valence-electron chi connectivity index (χ4n) is 2.51. The maximum atomic E-state index is 11.7. The van der Waals surface area contributed by atoms with E-state index in [0.29, 0.717) is 31.0 Å². The second-order valence-electron chi connectivity index (χ2n) is 7.70. The molecule has 0 fully saturated rings. The average molecular weight is 538 g/mol. The number of sulfone groups is 1. The van der Waals surface area contributed by atoms with Gasteiger partial charge in [0.1, 0.15) is 9.84 Å². The van der Waals surface area contributed by atoms with E-state index >= 15 is 0 Å². The largest absolute Gasteiger partial charge is 0.357 e. The Kier molecular flexibility index (Phi) is 12.4. The first kappa shape index (κ1) is 27.6. The van der Waals surface area contributed by atoms with Crippen molar-refractivity contribution in [2.24, 2.45) is 10.4 Å². The molecule has 1 amide bonds. The molecule has 0 saturated carbocycles. The Morgan fingerprint density at radius 1 is 1.21 bits per heavy atom. The van der Waals surface area contributed by atoms with E-state index in [9.17, 15) is 13.2 Å². The number of nitrogens with one attached hydrogen (secondary N) is 3. The maximum Gasteiger partial charge on any atom is 0.251 e. The molecule has 0 heterocycles. The number of hydrogen-bond acceptors (Lipinski definition) is 4. The van der Waals surface area contributed by atoms with Gasteiger partial charge in [-0.1, -0.05) is 26.0 Å². The van der Waals surface area contributed by atoms with Crippen LogP contribution in [0, 0.1) is 5.41 Å². The zero-order valence-corrected chi connectivity index (χ0v) is 21.2. The Bertz CT molecular complexity index is 780. The van der Waals surface area contributed by atoms with Crippen molar-refractivity contribution < 1.29 is 13.2 Å². The average Bonchev–Trinajstić information content (AvgIpc) is 2.64. The summed E-state index contributed by atoms with van der Waals surface area (Å²) in [6, 6.07) is 7.55. The molecule has 3 N–H and O–H groups in total. The lowest BCUT2D eigenvalue weighted by Crippen LogP contribution is -2.39. The van der Waals surface area contributed by atoms with Crippen LogP contribution in [0.5, 0.6) is 0 Å². The SMILES string of the molecule is CCNC(=NCC(C)(C)CCS(C)(=O)=O)NCCc1cccc(C(=O)NC)c1.I. The van der Waals surface area contributed by atoms with Gasteiger partial charge in [0, 0.05) is 38.5 Å². The quantitative estimate of drug-likeness (QED) is 0.241. The zero-order valence-electron chi connectivity index (χ0n) is 18.0. The molecule has 0 saturated heterocycles. The normalized spacial score (nSPS) is 12.1. The summed E-state index contributed by atoms with van der Waals surface area (Å²) >= 11 is 0. The van der Waals surface area contributed by atoms with Crippen molar-refractivity contribution in [1.29, 1.82) is 0 Å². The molecule has 9 heteroatoms. The number of hydrogen-bond donors (Lipinski definition) is 3. The van der Waals surface area contributed by atoms with Crippen molar-refractivity contribution >= 4 is 45.7 Å². The number of carbonyl (C=O) groups excluding carboxylic acids is 1. The topological polar surface area (TPSA) is 99.7 Å². The van der Waals surface area contributed by atoms with Crippen LogP contribution in [0.2, 0.25) is 0 Å². The molecule has 1 rings (SSSR count). The Morgan fingerprint density at radius 2 is 1.90 bits per heavy atom. The molecule has 0 aliphatic rings. The summed E-state index contributed by atoms with van der Waals surface area (Å²) < 4.78 is 22.8. The lowest BCUT2D eigenvalue weighted by Gasteiger charge is -2.22. The Hall–Kier alpha value is -1.36. The molecule has 7 nitrogen and oxygen atoms in total. The van der Waals surface area contributed by atoms with Gasteiger partial charge in [0.2, 0.25) is 0 Å². The van der Waals surface area contributed by atoms with Crippen molar-refractivity contribution in [3.8, 4) is 0 Å². The van der Waals surface area contributed by atoms with Crippen LogP contribution in [-0.2, 0) is 16.3 Å². The summed E-state index contributed by atoms with van der Waals surface area (Å²) in [5, 5.41) is 9.13. The van der Waals surface area contributed by atoms with Crippen LogP contribution in [-0.4, -0.2) is 59.0 Å². The van der Waals surface area contributed by atoms with Gasteiger partial charge in [-0.2, -0.15) is 0 Å². The molecule has 1 aromatic rings. The Balaban J connectivity index is 0.00000784. The number of carbonyl (C=O) groups is 1. The number of nitrogens with zero attached hydrogens (tertiary/aromatic N) is 1. The molecular weight excluding hydrogens is 503 g/mol. The minimum absolute atomic E-state index is 0. The fraction of sp³-hybridized carbons (Fsp3) is 0.600. The molecular formula is C20H35IN4O3S. The van der Waals surface area contributed by atoms with Crippen LogP contribution in [0.15, 0.2) is 29.3 Å². The summed E-state index contributed by atoms with van der Waals surface area (Å²) in [4.78, 5) is 16.3. The van der Waals surface area contributed by atoms with Crippen molar-refractivity contribution in [3.05, 3.63) is 35.4 Å². The van der Waals surface area contributed by atoms with E-state index in [2.05, 4.69) is 20.9 Å². The highest BCUT2D eigenvalue weighted by Gasteiger charge is 2.20. The minimum Gasteiger partial charge on any atom is -0.357 e. The molecule has 29 heavy (non-hydrogen) atoms. The molecule has 0 atom stereocenters. The van der Waals surface area contributed by atoms with Gasteiger partial charge in [0.25, 0.3) is 5.91 Å². The second-order valence-corrected chi connectivity index (χ2v) is 9.96. The molecule has 0 aromatic heterocycles. The minimum atomic E-state index is -2.97. The second kappa shape index (κ2) is 13.0. The third kappa shape index (κ3) is 12.0. The predicted molar refractivity (Wildman–Crippen MR) is 131 cm³/mol. The molecule has 0 bridgehead atoms. The molecule has 166 valence electrons. The first-order chi connectivity index (χ1) is 13.1. The molecule has 0 unspecified atom stereocenters. The van der Waals surface area contributed by atoms with E-state index in [1.54, 1.807) is 13.1 Å². The number of rotatable bonds is 10. The van der Waals surface area contributed by atoms with Gasteiger partial charge >= 0.3 is 0 Å². The third-order valence-electron chi connectivity index (χ3n) is 4.28.